The Labute approximate surface area is 166 Å². The van der Waals surface area contributed by atoms with E-state index in [1.165, 1.54) is 6.20 Å². The number of hydrogen-bond acceptors (Lipinski definition) is 4. The van der Waals surface area contributed by atoms with Crippen LogP contribution in [0.25, 0.3) is 11.0 Å². The summed E-state index contributed by atoms with van der Waals surface area (Å²) in [7, 11) is 0. The first-order valence-corrected chi connectivity index (χ1v) is 8.20. The summed E-state index contributed by atoms with van der Waals surface area (Å²) in [6.07, 6.45) is 1.48. The van der Waals surface area contributed by atoms with Gasteiger partial charge in [-0.1, -0.05) is 6.92 Å². The van der Waals surface area contributed by atoms with Gasteiger partial charge in [-0.05, 0) is 47.3 Å². The van der Waals surface area contributed by atoms with Crippen molar-refractivity contribution in [1.29, 1.82) is 0 Å². The maximum Gasteiger partial charge on any atom is 0.271 e. The molecule has 1 amide bonds. The van der Waals surface area contributed by atoms with E-state index in [1.807, 2.05) is 30.0 Å². The Balaban J connectivity index is 0.00000264. The highest BCUT2D eigenvalue weighted by atomic mass is 125. The lowest BCUT2D eigenvalue weighted by Gasteiger charge is -2.18. The van der Waals surface area contributed by atoms with E-state index in [0.29, 0.717) is 30.8 Å². The molecule has 0 bridgehead atoms. The number of fused-ring (bicyclic) bond motifs is 1. The van der Waals surface area contributed by atoms with Gasteiger partial charge in [-0.3, -0.25) is 14.7 Å². The Morgan fingerprint density at radius 2 is 2.04 bits per heavy atom. The Kier molecular flexibility index (Phi) is 11.4. The van der Waals surface area contributed by atoms with Crippen LogP contribution >= 0.6 is 47.4 Å². The summed E-state index contributed by atoms with van der Waals surface area (Å²) in [6, 6.07) is 5.69. The molecule has 2 aromatic rings. The summed E-state index contributed by atoms with van der Waals surface area (Å²) in [6.45, 7) is 3.81. The van der Waals surface area contributed by atoms with Crippen LogP contribution in [-0.4, -0.2) is 53.6 Å². The van der Waals surface area contributed by atoms with Crippen molar-refractivity contribution in [3.63, 3.8) is 0 Å². The molecule has 0 atom stereocenters. The number of alkyl halides is 1. The molecule has 0 unspecified atom stereocenters. The fourth-order valence-electron chi connectivity index (χ4n) is 2.06. The van der Waals surface area contributed by atoms with Gasteiger partial charge in [0.25, 0.3) is 5.91 Å². The molecule has 0 saturated carbocycles. The normalized spacial score (nSPS) is 10.2. The van der Waals surface area contributed by atoms with Gasteiger partial charge in [0.05, 0.1) is 17.2 Å². The molecule has 0 saturated heterocycles. The number of nitrogens with one attached hydrogen (secondary N) is 1. The molecule has 1 N–H and O–H groups in total. The highest BCUT2D eigenvalue weighted by Gasteiger charge is 2.10. The summed E-state index contributed by atoms with van der Waals surface area (Å²) in [5, 5.41) is 2.79. The van der Waals surface area contributed by atoms with Crippen LogP contribution in [-0.2, 0) is 0 Å². The highest BCUT2D eigenvalue weighted by molar-refractivity contribution is 14.1. The number of likely N-dealkylation sites (N-methyl/N-ethyl adjacent to an activating group) is 1. The number of rotatable bonds is 7. The Morgan fingerprint density at radius 3 is 2.71 bits per heavy atom. The van der Waals surface area contributed by atoms with Gasteiger partial charge in [0.1, 0.15) is 12.4 Å². The third kappa shape index (κ3) is 6.62. The Bertz CT molecular complexity index is 662. The molecule has 134 valence electrons. The summed E-state index contributed by atoms with van der Waals surface area (Å²) in [5.41, 5.74) is 1.76. The molecule has 0 aliphatic heterocycles. The van der Waals surface area contributed by atoms with Gasteiger partial charge < -0.3 is 5.32 Å². The molecule has 0 spiro atoms. The number of amides is 1. The molecule has 5 nitrogen and oxygen atoms in total. The topological polar surface area (TPSA) is 58.1 Å². The lowest BCUT2D eigenvalue weighted by molar-refractivity contribution is 0.0943. The second-order valence-electron chi connectivity index (χ2n) is 4.77. The van der Waals surface area contributed by atoms with Crippen molar-refractivity contribution in [2.45, 2.75) is 6.92 Å². The average molecular weight is 487 g/mol. The molecule has 0 radical (unpaired) electrons. The van der Waals surface area contributed by atoms with E-state index < -0.39 is 0 Å². The smallest absolute Gasteiger partial charge is 0.271 e. The zero-order chi connectivity index (χ0) is 15.9. The minimum absolute atomic E-state index is 0. The molecular formula is C15H20Cl2FIN4O. The largest absolute Gasteiger partial charge is 0.349 e. The summed E-state index contributed by atoms with van der Waals surface area (Å²) < 4.78 is 13.4. The maximum absolute atomic E-state index is 12.3. The molecule has 1 aromatic carbocycles. The van der Waals surface area contributed by atoms with Crippen molar-refractivity contribution in [2.75, 3.05) is 32.9 Å². The van der Waals surface area contributed by atoms with Crippen LogP contribution in [0.3, 0.4) is 0 Å². The van der Waals surface area contributed by atoms with Gasteiger partial charge in [0.2, 0.25) is 0 Å². The summed E-state index contributed by atoms with van der Waals surface area (Å²) in [4.78, 5) is 22.6. The zero-order valence-electron chi connectivity index (χ0n) is 13.2. The fraction of sp³-hybridized carbons (Fsp3) is 0.400. The number of benzene rings is 1. The molecule has 2 rings (SSSR count). The SMILES string of the molecule is CCN(CCF)CCNC(=O)c1cnc2cc([125I])ccc2n1.Cl.Cl. The number of hydrogen-bond donors (Lipinski definition) is 1. The molecule has 0 fully saturated rings. The lowest BCUT2D eigenvalue weighted by atomic mass is 10.3. The van der Waals surface area contributed by atoms with E-state index >= 15 is 0 Å². The van der Waals surface area contributed by atoms with E-state index in [1.54, 1.807) is 0 Å². The van der Waals surface area contributed by atoms with Crippen LogP contribution in [0.15, 0.2) is 24.4 Å². The molecular weight excluding hydrogens is 467 g/mol. The molecule has 1 aromatic heterocycles. The quantitative estimate of drug-likeness (QED) is 0.611. The van der Waals surface area contributed by atoms with Crippen molar-refractivity contribution >= 4 is 64.3 Å². The number of halogens is 4. The monoisotopic (exact) mass is 486 g/mol. The van der Waals surface area contributed by atoms with Gasteiger partial charge >= 0.3 is 0 Å². The Hall–Kier alpha value is -0.770. The van der Waals surface area contributed by atoms with Crippen LogP contribution in [0.1, 0.15) is 17.4 Å². The second kappa shape index (κ2) is 11.7. The van der Waals surface area contributed by atoms with Gasteiger partial charge in [-0.25, -0.2) is 9.37 Å². The predicted octanol–water partition coefficient (Wildman–Crippen LogP) is 3.10. The van der Waals surface area contributed by atoms with Crippen molar-refractivity contribution in [3.8, 4) is 0 Å². The molecule has 9 heteroatoms. The minimum atomic E-state index is -0.378. The molecule has 24 heavy (non-hydrogen) atoms. The maximum atomic E-state index is 12.3. The summed E-state index contributed by atoms with van der Waals surface area (Å²) >= 11 is 2.21. The first-order valence-electron chi connectivity index (χ1n) is 7.13. The average Bonchev–Trinajstić information content (AvgIpc) is 2.53. The number of carbonyl (C=O) groups is 1. The Morgan fingerprint density at radius 1 is 1.29 bits per heavy atom. The first-order chi connectivity index (χ1) is 10.6. The minimum Gasteiger partial charge on any atom is -0.349 e. The van der Waals surface area contributed by atoms with E-state index in [9.17, 15) is 9.18 Å². The van der Waals surface area contributed by atoms with Gasteiger partial charge in [0.15, 0.2) is 0 Å². The lowest BCUT2D eigenvalue weighted by Crippen LogP contribution is -2.36. The fourth-order valence-corrected chi connectivity index (χ4v) is 2.53. The van der Waals surface area contributed by atoms with Crippen molar-refractivity contribution < 1.29 is 9.18 Å². The van der Waals surface area contributed by atoms with E-state index in [0.717, 1.165) is 15.6 Å². The highest BCUT2D eigenvalue weighted by Crippen LogP contribution is 2.13. The second-order valence-corrected chi connectivity index (χ2v) is 6.01. The first kappa shape index (κ1) is 23.2. The van der Waals surface area contributed by atoms with Crippen molar-refractivity contribution in [3.05, 3.63) is 33.7 Å². The number of aromatic nitrogens is 2. The number of nitrogens with zero attached hydrogens (tertiary/aromatic N) is 3. The molecule has 1 heterocycles. The van der Waals surface area contributed by atoms with E-state index in [4.69, 9.17) is 0 Å². The van der Waals surface area contributed by atoms with Crippen LogP contribution < -0.4 is 5.32 Å². The van der Waals surface area contributed by atoms with E-state index in [2.05, 4.69) is 37.9 Å². The van der Waals surface area contributed by atoms with Gasteiger partial charge in [-0.2, -0.15) is 0 Å². The molecule has 0 aliphatic carbocycles. The third-order valence-corrected chi connectivity index (χ3v) is 3.97. The molecule has 0 aliphatic rings. The van der Waals surface area contributed by atoms with Crippen LogP contribution in [0.4, 0.5) is 4.39 Å². The standard InChI is InChI=1S/C15H18FIN4O.2ClH/c1-2-21(7-5-16)8-6-18-15(22)14-10-19-13-9-11(17)3-4-12(13)20-14;;/h3-4,9-10H,2,5-8H2,1H3,(H,18,22);2*1H/i17-2;;. The van der Waals surface area contributed by atoms with Crippen LogP contribution in [0.5, 0.6) is 0 Å². The third-order valence-electron chi connectivity index (χ3n) is 3.30. The predicted molar refractivity (Wildman–Crippen MR) is 107 cm³/mol. The summed E-state index contributed by atoms with van der Waals surface area (Å²) in [5.74, 6) is -0.260. The number of carbonyl (C=O) groups excluding carboxylic acids is 1. The van der Waals surface area contributed by atoms with Crippen molar-refractivity contribution in [2.24, 2.45) is 0 Å². The van der Waals surface area contributed by atoms with E-state index in [-0.39, 0.29) is 37.4 Å². The van der Waals surface area contributed by atoms with Crippen molar-refractivity contribution in [1.82, 2.24) is 20.2 Å². The van der Waals surface area contributed by atoms with Gasteiger partial charge in [-0.15, -0.1) is 24.8 Å². The van der Waals surface area contributed by atoms with Crippen LogP contribution in [0.2, 0.25) is 0 Å². The van der Waals surface area contributed by atoms with Crippen LogP contribution in [0, 0.1) is 3.57 Å². The zero-order valence-corrected chi connectivity index (χ0v) is 17.0. The van der Waals surface area contributed by atoms with Gasteiger partial charge in [0, 0.05) is 23.2 Å².